The van der Waals surface area contributed by atoms with Gasteiger partial charge < -0.3 is 14.2 Å². The third kappa shape index (κ3) is 9.20. The van der Waals surface area contributed by atoms with E-state index in [2.05, 4.69) is 9.64 Å². The molecule has 6 nitrogen and oxygen atoms in total. The van der Waals surface area contributed by atoms with E-state index >= 15 is 0 Å². The van der Waals surface area contributed by atoms with Gasteiger partial charge in [0.1, 0.15) is 0 Å². The molecule has 0 aromatic heterocycles. The first-order valence-electron chi connectivity index (χ1n) is 7.54. The maximum atomic E-state index is 11.3. The second-order valence-corrected chi connectivity index (χ2v) is 4.77. The number of ether oxygens (including phenoxy) is 3. The number of morpholine rings is 1. The molecule has 0 N–H and O–H groups in total. The Morgan fingerprint density at radius 1 is 1.05 bits per heavy atom. The summed E-state index contributed by atoms with van der Waals surface area (Å²) in [5, 5.41) is 0. The Bertz CT molecular complexity index is 337. The summed E-state index contributed by atoms with van der Waals surface area (Å²) in [6, 6.07) is 0. The first-order chi connectivity index (χ1) is 10.2. The van der Waals surface area contributed by atoms with Crippen molar-refractivity contribution in [1.29, 1.82) is 0 Å². The third-order valence-electron chi connectivity index (χ3n) is 3.11. The van der Waals surface area contributed by atoms with Crippen LogP contribution in [0.5, 0.6) is 0 Å². The highest BCUT2D eigenvalue weighted by Gasteiger charge is 2.09. The first kappa shape index (κ1) is 17.7. The van der Waals surface area contributed by atoms with Crippen LogP contribution in [0.2, 0.25) is 0 Å². The summed E-state index contributed by atoms with van der Waals surface area (Å²) in [6.45, 7) is 7.12. The smallest absolute Gasteiger partial charge is 0.331 e. The molecule has 0 aliphatic carbocycles. The number of carbonyl (C=O) groups is 2. The monoisotopic (exact) mass is 299 g/mol. The van der Waals surface area contributed by atoms with Gasteiger partial charge in [0, 0.05) is 25.2 Å². The normalized spacial score (nSPS) is 16.0. The molecular formula is C15H25NO5. The fourth-order valence-electron chi connectivity index (χ4n) is 1.99. The molecule has 0 unspecified atom stereocenters. The Morgan fingerprint density at radius 2 is 1.71 bits per heavy atom. The summed E-state index contributed by atoms with van der Waals surface area (Å²) in [5.41, 5.74) is 0. The fraction of sp³-hybridized carbons (Fsp3) is 0.733. The van der Waals surface area contributed by atoms with Gasteiger partial charge in [0.2, 0.25) is 0 Å². The summed E-state index contributed by atoms with van der Waals surface area (Å²) in [5.74, 6) is -1.03. The largest absolute Gasteiger partial charge is 0.463 e. The lowest BCUT2D eigenvalue weighted by atomic mass is 10.2. The van der Waals surface area contributed by atoms with Crippen LogP contribution in [0.15, 0.2) is 12.2 Å². The van der Waals surface area contributed by atoms with Gasteiger partial charge in [0.05, 0.1) is 26.4 Å². The average Bonchev–Trinajstić information content (AvgIpc) is 2.50. The molecule has 0 amide bonds. The van der Waals surface area contributed by atoms with Gasteiger partial charge in [0.25, 0.3) is 0 Å². The van der Waals surface area contributed by atoms with Crippen molar-refractivity contribution in [3.05, 3.63) is 12.2 Å². The zero-order valence-electron chi connectivity index (χ0n) is 12.7. The molecule has 0 bridgehead atoms. The Kier molecular flexibility index (Phi) is 9.48. The highest BCUT2D eigenvalue weighted by Crippen LogP contribution is 2.02. The van der Waals surface area contributed by atoms with Gasteiger partial charge >= 0.3 is 11.9 Å². The van der Waals surface area contributed by atoms with Gasteiger partial charge in [-0.15, -0.1) is 0 Å². The predicted molar refractivity (Wildman–Crippen MR) is 77.8 cm³/mol. The van der Waals surface area contributed by atoms with Crippen molar-refractivity contribution in [1.82, 2.24) is 4.90 Å². The van der Waals surface area contributed by atoms with Gasteiger partial charge in [0.15, 0.2) is 0 Å². The van der Waals surface area contributed by atoms with Crippen molar-refractivity contribution in [2.45, 2.75) is 26.2 Å². The second kappa shape index (κ2) is 11.3. The van der Waals surface area contributed by atoms with Crippen LogP contribution >= 0.6 is 0 Å². The zero-order chi connectivity index (χ0) is 15.3. The van der Waals surface area contributed by atoms with Crippen LogP contribution in [-0.2, 0) is 23.8 Å². The van der Waals surface area contributed by atoms with Crippen molar-refractivity contribution >= 4 is 11.9 Å². The summed E-state index contributed by atoms with van der Waals surface area (Å²) >= 11 is 0. The highest BCUT2D eigenvalue weighted by molar-refractivity contribution is 5.91. The van der Waals surface area contributed by atoms with Gasteiger partial charge in [-0.25, -0.2) is 9.59 Å². The molecule has 0 spiro atoms. The van der Waals surface area contributed by atoms with Crippen molar-refractivity contribution in [3.8, 4) is 0 Å². The highest BCUT2D eigenvalue weighted by atomic mass is 16.5. The molecule has 0 aromatic rings. The number of nitrogens with zero attached hydrogens (tertiary/aromatic N) is 1. The van der Waals surface area contributed by atoms with Gasteiger partial charge in [-0.2, -0.15) is 0 Å². The lowest BCUT2D eigenvalue weighted by Gasteiger charge is -2.26. The van der Waals surface area contributed by atoms with E-state index < -0.39 is 11.9 Å². The molecule has 0 atom stereocenters. The molecule has 1 aliphatic heterocycles. The summed E-state index contributed by atoms with van der Waals surface area (Å²) < 4.78 is 14.9. The number of esters is 2. The molecule has 0 aromatic carbocycles. The van der Waals surface area contributed by atoms with Gasteiger partial charge in [-0.1, -0.05) is 0 Å². The number of hydrogen-bond acceptors (Lipinski definition) is 6. The molecular weight excluding hydrogens is 274 g/mol. The molecule has 21 heavy (non-hydrogen) atoms. The Labute approximate surface area is 126 Å². The van der Waals surface area contributed by atoms with E-state index in [1.54, 1.807) is 6.92 Å². The van der Waals surface area contributed by atoms with Crippen molar-refractivity contribution in [2.75, 3.05) is 46.1 Å². The lowest BCUT2D eigenvalue weighted by molar-refractivity contribution is -0.140. The molecule has 1 saturated heterocycles. The van der Waals surface area contributed by atoms with Crippen molar-refractivity contribution in [2.24, 2.45) is 0 Å². The van der Waals surface area contributed by atoms with Gasteiger partial charge in [-0.3, -0.25) is 4.90 Å². The van der Waals surface area contributed by atoms with E-state index in [1.165, 1.54) is 0 Å². The van der Waals surface area contributed by atoms with Crippen LogP contribution < -0.4 is 0 Å². The van der Waals surface area contributed by atoms with Crippen LogP contribution in [0.3, 0.4) is 0 Å². The van der Waals surface area contributed by atoms with Crippen LogP contribution in [0.4, 0.5) is 0 Å². The standard InChI is InChI=1S/C15H25NO5/c1-2-20-14(17)6-7-15(18)21-11-5-3-4-8-16-9-12-19-13-10-16/h6-7H,2-5,8-13H2,1H3/b7-6+. The molecule has 1 aliphatic rings. The van der Waals surface area contributed by atoms with Crippen LogP contribution in [0.25, 0.3) is 0 Å². The minimum atomic E-state index is -0.528. The summed E-state index contributed by atoms with van der Waals surface area (Å²) in [7, 11) is 0. The topological polar surface area (TPSA) is 65.1 Å². The number of unbranched alkanes of at least 4 members (excludes halogenated alkanes) is 2. The maximum Gasteiger partial charge on any atom is 0.331 e. The summed E-state index contributed by atoms with van der Waals surface area (Å²) in [4.78, 5) is 24.7. The number of carbonyl (C=O) groups excluding carboxylic acids is 2. The van der Waals surface area contributed by atoms with Crippen LogP contribution in [0.1, 0.15) is 26.2 Å². The van der Waals surface area contributed by atoms with Gasteiger partial charge in [-0.05, 0) is 32.7 Å². The molecule has 1 heterocycles. The average molecular weight is 299 g/mol. The molecule has 1 rings (SSSR count). The van der Waals surface area contributed by atoms with Crippen LogP contribution in [-0.4, -0.2) is 62.9 Å². The fourth-order valence-corrected chi connectivity index (χ4v) is 1.99. The Morgan fingerprint density at radius 3 is 2.38 bits per heavy atom. The molecule has 6 heteroatoms. The lowest BCUT2D eigenvalue weighted by Crippen LogP contribution is -2.36. The number of hydrogen-bond donors (Lipinski definition) is 0. The minimum absolute atomic E-state index is 0.293. The molecule has 1 fully saturated rings. The second-order valence-electron chi connectivity index (χ2n) is 4.77. The third-order valence-corrected chi connectivity index (χ3v) is 3.11. The minimum Gasteiger partial charge on any atom is -0.463 e. The van der Waals surface area contributed by atoms with Crippen molar-refractivity contribution in [3.63, 3.8) is 0 Å². The van der Waals surface area contributed by atoms with E-state index in [4.69, 9.17) is 9.47 Å². The molecule has 0 saturated carbocycles. The van der Waals surface area contributed by atoms with E-state index in [0.717, 1.165) is 64.3 Å². The SMILES string of the molecule is CCOC(=O)/C=C/C(=O)OCCCCCN1CCOCC1. The van der Waals surface area contributed by atoms with Crippen LogP contribution in [0, 0.1) is 0 Å². The maximum absolute atomic E-state index is 11.3. The first-order valence-corrected chi connectivity index (χ1v) is 7.54. The van der Waals surface area contributed by atoms with E-state index in [1.807, 2.05) is 0 Å². The zero-order valence-corrected chi connectivity index (χ0v) is 12.7. The Hall–Kier alpha value is -1.40. The predicted octanol–water partition coefficient (Wildman–Crippen LogP) is 1.15. The Balaban J connectivity index is 1.95. The van der Waals surface area contributed by atoms with E-state index in [9.17, 15) is 9.59 Å². The van der Waals surface area contributed by atoms with Crippen molar-refractivity contribution < 1.29 is 23.8 Å². The van der Waals surface area contributed by atoms with E-state index in [0.29, 0.717) is 13.2 Å². The molecule has 120 valence electrons. The quantitative estimate of drug-likeness (QED) is 0.361. The van der Waals surface area contributed by atoms with E-state index in [-0.39, 0.29) is 0 Å². The summed E-state index contributed by atoms with van der Waals surface area (Å²) in [6.07, 6.45) is 5.14. The number of rotatable bonds is 9. The molecule has 0 radical (unpaired) electrons.